The molecule has 12 rings (SSSR count). The van der Waals surface area contributed by atoms with E-state index in [2.05, 4.69) is 190 Å². The average Bonchev–Trinajstić information content (AvgIpc) is 1.12. The summed E-state index contributed by atoms with van der Waals surface area (Å²) in [6, 6.07) is 22.5. The summed E-state index contributed by atoms with van der Waals surface area (Å²) < 4.78 is 0. The van der Waals surface area contributed by atoms with Crippen molar-refractivity contribution in [2.75, 3.05) is 31.9 Å². The van der Waals surface area contributed by atoms with Crippen molar-refractivity contribution in [1.29, 1.82) is 0 Å². The molecule has 3 heterocycles. The Morgan fingerprint density at radius 1 is 0.216 bits per heavy atom. The second kappa shape index (κ2) is 50.0. The fourth-order valence-corrected chi connectivity index (χ4v) is 18.8. The maximum atomic E-state index is 13.5. The molecule has 6 aromatic rings. The first-order chi connectivity index (χ1) is 66.4. The van der Waals surface area contributed by atoms with Gasteiger partial charge in [-0.15, -0.1) is 0 Å². The first-order valence-corrected chi connectivity index (χ1v) is 52.8. The van der Waals surface area contributed by atoms with E-state index in [-0.39, 0.29) is 158 Å². The van der Waals surface area contributed by atoms with Crippen LogP contribution in [0.15, 0.2) is 320 Å². The number of hydrogen-bond donors (Lipinski definition) is 6. The predicted molar refractivity (Wildman–Crippen MR) is 619 cm³/mol. The Morgan fingerprint density at radius 2 is 0.351 bits per heavy atom. The topological polar surface area (TPSA) is 213 Å². The minimum atomic E-state index is -0.633. The number of halogens is 6. The van der Waals surface area contributed by atoms with Crippen LogP contribution in [0.1, 0.15) is 249 Å². The maximum Gasteiger partial charge on any atom is 0.191 e. The monoisotopic (exact) mass is 2280 g/mol. The van der Waals surface area contributed by atoms with Crippen LogP contribution in [0.4, 0.5) is 34.1 Å². The number of aromatic nitrogens is 3. The van der Waals surface area contributed by atoms with Gasteiger partial charge < -0.3 is 31.9 Å². The molecule has 148 heavy (non-hydrogen) atoms. The third-order valence-corrected chi connectivity index (χ3v) is 29.5. The summed E-state index contributed by atoms with van der Waals surface area (Å²) in [7, 11) is -0.633. The van der Waals surface area contributed by atoms with Crippen LogP contribution in [0.3, 0.4) is 0 Å². The van der Waals surface area contributed by atoms with Crippen molar-refractivity contribution in [2.45, 2.75) is 249 Å². The molecule has 0 aliphatic heterocycles. The van der Waals surface area contributed by atoms with Crippen LogP contribution in [-0.4, -0.2) is 49.7 Å². The Balaban J connectivity index is 0.000000308. The van der Waals surface area contributed by atoms with Crippen LogP contribution >= 0.6 is 77.5 Å². The van der Waals surface area contributed by atoms with Gasteiger partial charge in [-0.25, -0.2) is 0 Å². The van der Waals surface area contributed by atoms with Gasteiger partial charge in [0, 0.05) is 216 Å². The van der Waals surface area contributed by atoms with E-state index in [1.165, 1.54) is 15.9 Å². The van der Waals surface area contributed by atoms with Crippen molar-refractivity contribution >= 4 is 162 Å². The molecular formula is C123H150Cl6N9O6PZn3. The van der Waals surface area contributed by atoms with Gasteiger partial charge in [-0.05, 0) is 197 Å². The fourth-order valence-electron chi connectivity index (χ4n) is 15.7. The van der Waals surface area contributed by atoms with Crippen molar-refractivity contribution in [3.8, 4) is 0 Å². The largest absolute Gasteiger partial charge is 0.359 e. The van der Waals surface area contributed by atoms with Gasteiger partial charge in [-0.1, -0.05) is 374 Å². The molecule has 6 aliphatic carbocycles. The smallest absolute Gasteiger partial charge is 0.191 e. The van der Waals surface area contributed by atoms with E-state index >= 15 is 0 Å². The summed E-state index contributed by atoms with van der Waals surface area (Å²) in [5.74, 6) is -0.118. The molecule has 0 saturated carbocycles. The number of carbonyl (C=O) groups excluding carboxylic acids is 6. The summed E-state index contributed by atoms with van der Waals surface area (Å²) in [5.41, 5.74) is 15.5. The number of carbonyl (C=O) groups is 6. The Labute approximate surface area is 952 Å². The summed E-state index contributed by atoms with van der Waals surface area (Å²) >= 11 is 38.5. The first-order valence-electron chi connectivity index (χ1n) is 49.2. The quantitative estimate of drug-likeness (QED) is 0.0321. The second-order valence-corrected chi connectivity index (χ2v) is 54.5. The summed E-state index contributed by atoms with van der Waals surface area (Å²) in [6.07, 6.45) is 45.3. The Bertz CT molecular complexity index is 5710. The molecule has 0 saturated heterocycles. The van der Waals surface area contributed by atoms with E-state index in [0.717, 1.165) is 66.9 Å². The minimum absolute atomic E-state index is 0. The van der Waals surface area contributed by atoms with Crippen LogP contribution in [-0.2, 0) is 87.2 Å². The summed E-state index contributed by atoms with van der Waals surface area (Å²) in [6.45, 7) is 75.3. The number of anilines is 6. The maximum absolute atomic E-state index is 13.5. The molecule has 0 spiro atoms. The molecule has 0 atom stereocenters. The molecule has 6 N–H and O–H groups in total. The SMILES string of the molecule is CC(C)(C)C1=C/C(=C/Nc2cc(Cl)c(Cl)cc2N/C=C2/C=C(C(C)(C)C)C=C(C(C)(C)C)C2=O)C(=O)C(C(C)(C)C)=C1.CC(C)(C)C1=C/C(=C/Nc2cc(Cl)c(Cl)cc2N/C=C2/C=C(C(C)(C)C)C=C(C(C)(C)C)C2=O)C(=O)C(C(C)(C)C)=C1.CC(C)(C)C1=C/C(=C/Nc2cc(Cl)c(Cl)cc2N/C=C2/C=C(C(C)(C)C)C=C(C(C)(C)C)C2=O)C(=O)C(C(C)(C)C)=C1.[Zn].[Zn].[Zn].c1cncc(P(c2cccnc2)c2cccnc2)c1. The van der Waals surface area contributed by atoms with E-state index in [9.17, 15) is 28.8 Å². The number of allylic oxidation sites excluding steroid dienone is 30. The number of nitrogens with one attached hydrogen (secondary N) is 6. The van der Waals surface area contributed by atoms with Gasteiger partial charge in [-0.3, -0.25) is 43.7 Å². The zero-order valence-corrected chi connectivity index (χ0v) is 108. The van der Waals surface area contributed by atoms with E-state index < -0.39 is 7.92 Å². The molecule has 6 aliphatic rings. The number of rotatable bonds is 15. The molecular weight excluding hydrogens is 2140 g/mol. The van der Waals surface area contributed by atoms with Gasteiger partial charge in [0.1, 0.15) is 0 Å². The molecule has 3 aromatic heterocycles. The van der Waals surface area contributed by atoms with Gasteiger partial charge >= 0.3 is 0 Å². The van der Waals surface area contributed by atoms with Gasteiger partial charge in [0.2, 0.25) is 0 Å². The van der Waals surface area contributed by atoms with E-state index in [1.54, 1.807) is 92.2 Å². The van der Waals surface area contributed by atoms with E-state index in [1.807, 2.05) is 234 Å². The van der Waals surface area contributed by atoms with Crippen LogP contribution in [0.5, 0.6) is 0 Å². The van der Waals surface area contributed by atoms with Crippen LogP contribution in [0, 0.1) is 65.0 Å². The standard InChI is InChI=1S/3C36H46Cl2N2O2.C15H12N3P.3Zn/c3*1-33(2,3)23-13-21(31(41)25(15-23)35(7,8)9)19-39-29-17-27(37)28(38)18-30(29)40-20-22-14-24(34(4,5)6)16-26(32(22)42)36(10,11)12;1-4-13(10-16-7-1)19(14-5-2-8-17-11-14)15-6-3-9-18-12-15;;;/h3*13-20,39-40H,1-12H3;1-12H;;;/b3*21-19-,22-20-;;;;. The number of ketones is 6. The second-order valence-electron chi connectivity index (χ2n) is 49.8. The molecule has 0 unspecified atom stereocenters. The van der Waals surface area contributed by atoms with E-state index in [0.29, 0.717) is 97.7 Å². The van der Waals surface area contributed by atoms with Crippen LogP contribution < -0.4 is 47.8 Å². The zero-order valence-electron chi connectivity index (χ0n) is 93.9. The summed E-state index contributed by atoms with van der Waals surface area (Å²) in [5, 5.41) is 25.6. The molecule has 3 aromatic carbocycles. The molecule has 0 amide bonds. The molecule has 0 bridgehead atoms. The molecule has 15 nitrogen and oxygen atoms in total. The first kappa shape index (κ1) is 128. The molecule has 0 radical (unpaired) electrons. The third-order valence-electron chi connectivity index (χ3n) is 24.9. The molecule has 776 valence electrons. The molecule has 25 heteroatoms. The van der Waals surface area contributed by atoms with Crippen molar-refractivity contribution < 1.29 is 87.2 Å². The van der Waals surface area contributed by atoms with Gasteiger partial charge in [0.25, 0.3) is 0 Å². The Kier molecular flexibility index (Phi) is 43.2. The van der Waals surface area contributed by atoms with Crippen molar-refractivity contribution in [3.63, 3.8) is 0 Å². The van der Waals surface area contributed by atoms with Crippen molar-refractivity contribution in [1.82, 2.24) is 15.0 Å². The van der Waals surface area contributed by atoms with Crippen molar-refractivity contribution in [3.05, 3.63) is 351 Å². The number of hydrogen-bond acceptors (Lipinski definition) is 15. The molecule has 0 fully saturated rings. The number of pyridine rings is 3. The minimum Gasteiger partial charge on any atom is -0.359 e. The fraction of sp³-hybridized carbons (Fsp3) is 0.390. The number of benzene rings is 3. The summed E-state index contributed by atoms with van der Waals surface area (Å²) in [4.78, 5) is 93.8. The zero-order chi connectivity index (χ0) is 109. The Morgan fingerprint density at radius 3 is 0.459 bits per heavy atom. The van der Waals surface area contributed by atoms with Crippen LogP contribution in [0.25, 0.3) is 0 Å². The van der Waals surface area contributed by atoms with E-state index in [4.69, 9.17) is 69.6 Å². The van der Waals surface area contributed by atoms with Gasteiger partial charge in [0.05, 0.1) is 64.3 Å². The number of Topliss-reactive ketones (excluding diaryl/α,β-unsaturated/α-hetero) is 6. The van der Waals surface area contributed by atoms with Gasteiger partial charge in [-0.2, -0.15) is 0 Å². The Hall–Kier alpha value is -8.71. The van der Waals surface area contributed by atoms with Crippen molar-refractivity contribution in [2.24, 2.45) is 65.0 Å². The number of nitrogens with zero attached hydrogens (tertiary/aromatic N) is 3. The predicted octanol–water partition coefficient (Wildman–Crippen LogP) is 33.5. The normalized spacial score (nSPS) is 17.5. The van der Waals surface area contributed by atoms with Crippen LogP contribution in [0.2, 0.25) is 30.1 Å². The average molecular weight is 2290 g/mol. The van der Waals surface area contributed by atoms with Gasteiger partial charge in [0.15, 0.2) is 34.7 Å². The third kappa shape index (κ3) is 34.1.